The zero-order valence-electron chi connectivity index (χ0n) is 14.6. The van der Waals surface area contributed by atoms with Crippen LogP contribution in [0.2, 0.25) is 0 Å². The number of nitrogens with zero attached hydrogens (tertiary/aromatic N) is 3. The van der Waals surface area contributed by atoms with Crippen LogP contribution in [-0.2, 0) is 10.4 Å². The molecule has 2 aromatic rings. The monoisotopic (exact) mass is 353 g/mol. The number of hydrogen-bond donors (Lipinski definition) is 3. The molecule has 0 atom stereocenters. The first-order valence-corrected chi connectivity index (χ1v) is 9.03. The molecule has 1 aromatic carbocycles. The van der Waals surface area contributed by atoms with Crippen molar-refractivity contribution in [1.82, 2.24) is 20.8 Å². The van der Waals surface area contributed by atoms with Gasteiger partial charge in [-0.1, -0.05) is 12.1 Å². The highest BCUT2D eigenvalue weighted by Gasteiger charge is 2.33. The number of anilines is 2. The van der Waals surface area contributed by atoms with Crippen LogP contribution in [0.1, 0.15) is 18.4 Å². The summed E-state index contributed by atoms with van der Waals surface area (Å²) in [6, 6.07) is 11.1. The highest BCUT2D eigenvalue weighted by Crippen LogP contribution is 2.33. The van der Waals surface area contributed by atoms with Crippen molar-refractivity contribution >= 4 is 17.4 Å². The van der Waals surface area contributed by atoms with Gasteiger partial charge in [-0.3, -0.25) is 9.69 Å². The Balaban J connectivity index is 1.64. The minimum atomic E-state index is -0.803. The normalized spacial score (nSPS) is 19.6. The van der Waals surface area contributed by atoms with Crippen LogP contribution in [0.3, 0.4) is 0 Å². The van der Waals surface area contributed by atoms with Gasteiger partial charge in [0.25, 0.3) is 0 Å². The lowest BCUT2D eigenvalue weighted by molar-refractivity contribution is -0.123. The molecule has 0 unspecified atom stereocenters. The predicted molar refractivity (Wildman–Crippen MR) is 98.0 cm³/mol. The van der Waals surface area contributed by atoms with Crippen molar-refractivity contribution < 1.29 is 9.90 Å². The van der Waals surface area contributed by atoms with Gasteiger partial charge >= 0.3 is 0 Å². The van der Waals surface area contributed by atoms with Crippen LogP contribution in [0, 0.1) is 5.92 Å². The Labute approximate surface area is 152 Å². The number of aliphatic hydroxyl groups is 1. The standard InChI is InChI=1S/C19H23N5O2/c25-18(14-12-21-13-14)24(17-2-1-9-22-23-17)16-5-3-15(4-6-16)19(26)7-10-20-11-8-19/h1-6,9,14,20-21,26H,7-8,10-13H2. The second-order valence-corrected chi connectivity index (χ2v) is 6.94. The lowest BCUT2D eigenvalue weighted by Crippen LogP contribution is -2.51. The molecule has 0 radical (unpaired) electrons. The maximum absolute atomic E-state index is 12.9. The third-order valence-electron chi connectivity index (χ3n) is 5.23. The van der Waals surface area contributed by atoms with Crippen LogP contribution in [0.4, 0.5) is 11.5 Å². The van der Waals surface area contributed by atoms with Gasteiger partial charge in [0, 0.05) is 19.3 Å². The molecule has 0 bridgehead atoms. The Hall–Kier alpha value is -2.35. The van der Waals surface area contributed by atoms with Crippen LogP contribution >= 0.6 is 0 Å². The molecule has 7 nitrogen and oxygen atoms in total. The molecule has 3 N–H and O–H groups in total. The number of rotatable bonds is 4. The molecule has 4 rings (SSSR count). The molecule has 0 spiro atoms. The van der Waals surface area contributed by atoms with Gasteiger partial charge < -0.3 is 15.7 Å². The van der Waals surface area contributed by atoms with Crippen molar-refractivity contribution in [3.63, 3.8) is 0 Å². The number of piperidine rings is 1. The van der Waals surface area contributed by atoms with Gasteiger partial charge in [0.2, 0.25) is 5.91 Å². The number of carbonyl (C=O) groups excluding carboxylic acids is 1. The van der Waals surface area contributed by atoms with E-state index < -0.39 is 5.60 Å². The van der Waals surface area contributed by atoms with E-state index in [-0.39, 0.29) is 11.8 Å². The number of nitrogens with one attached hydrogen (secondary N) is 2. The summed E-state index contributed by atoms with van der Waals surface area (Å²) in [6.45, 7) is 2.97. The SMILES string of the molecule is O=C(C1CNC1)N(c1ccc(C2(O)CCNCC2)cc1)c1cccnn1. The number of carbonyl (C=O) groups is 1. The molecule has 2 aliphatic heterocycles. The quantitative estimate of drug-likeness (QED) is 0.758. The van der Waals surface area contributed by atoms with E-state index in [1.54, 1.807) is 23.2 Å². The number of benzene rings is 1. The molecule has 1 amide bonds. The maximum atomic E-state index is 12.9. The number of amides is 1. The van der Waals surface area contributed by atoms with E-state index in [2.05, 4.69) is 20.8 Å². The molecular weight excluding hydrogens is 330 g/mol. The van der Waals surface area contributed by atoms with E-state index in [0.29, 0.717) is 31.7 Å². The molecule has 136 valence electrons. The first-order valence-electron chi connectivity index (χ1n) is 9.03. The molecule has 3 heterocycles. The average Bonchev–Trinajstić information content (AvgIpc) is 2.62. The third kappa shape index (κ3) is 3.21. The highest BCUT2D eigenvalue weighted by atomic mass is 16.3. The zero-order chi connectivity index (χ0) is 18.0. The van der Waals surface area contributed by atoms with Gasteiger partial charge in [0.1, 0.15) is 0 Å². The first-order chi connectivity index (χ1) is 12.7. The molecule has 2 saturated heterocycles. The van der Waals surface area contributed by atoms with Crippen molar-refractivity contribution in [2.24, 2.45) is 5.92 Å². The Kier molecular flexibility index (Phi) is 4.67. The second-order valence-electron chi connectivity index (χ2n) is 6.94. The summed E-state index contributed by atoms with van der Waals surface area (Å²) in [6.07, 6.45) is 2.96. The van der Waals surface area contributed by atoms with Crippen molar-refractivity contribution in [2.75, 3.05) is 31.1 Å². The highest BCUT2D eigenvalue weighted by molar-refractivity contribution is 6.01. The lowest BCUT2D eigenvalue weighted by atomic mass is 9.85. The van der Waals surface area contributed by atoms with E-state index in [9.17, 15) is 9.90 Å². The van der Waals surface area contributed by atoms with E-state index in [1.165, 1.54) is 0 Å². The summed E-state index contributed by atoms with van der Waals surface area (Å²) in [7, 11) is 0. The summed E-state index contributed by atoms with van der Waals surface area (Å²) >= 11 is 0. The summed E-state index contributed by atoms with van der Waals surface area (Å²) in [5, 5.41) is 25.3. The molecule has 7 heteroatoms. The average molecular weight is 353 g/mol. The van der Waals surface area contributed by atoms with Crippen LogP contribution in [0.5, 0.6) is 0 Å². The molecule has 26 heavy (non-hydrogen) atoms. The van der Waals surface area contributed by atoms with E-state index in [4.69, 9.17) is 0 Å². The van der Waals surface area contributed by atoms with Crippen molar-refractivity contribution in [3.05, 3.63) is 48.2 Å². The lowest BCUT2D eigenvalue weighted by Gasteiger charge is -2.34. The Morgan fingerprint density at radius 1 is 1.12 bits per heavy atom. The van der Waals surface area contributed by atoms with Crippen LogP contribution < -0.4 is 15.5 Å². The minimum Gasteiger partial charge on any atom is -0.385 e. The number of aromatic nitrogens is 2. The molecule has 0 saturated carbocycles. The van der Waals surface area contributed by atoms with Gasteiger partial charge in [-0.25, -0.2) is 0 Å². The van der Waals surface area contributed by atoms with Crippen LogP contribution in [-0.4, -0.2) is 47.4 Å². The Morgan fingerprint density at radius 2 is 1.85 bits per heavy atom. The molecule has 1 aromatic heterocycles. The van der Waals surface area contributed by atoms with E-state index in [0.717, 1.165) is 24.3 Å². The summed E-state index contributed by atoms with van der Waals surface area (Å²) in [5.41, 5.74) is 0.826. The Bertz CT molecular complexity index is 755. The van der Waals surface area contributed by atoms with E-state index in [1.807, 2.05) is 24.3 Å². The fraction of sp³-hybridized carbons (Fsp3) is 0.421. The van der Waals surface area contributed by atoms with Gasteiger partial charge in [-0.2, -0.15) is 5.10 Å². The zero-order valence-corrected chi connectivity index (χ0v) is 14.6. The second kappa shape index (κ2) is 7.11. The van der Waals surface area contributed by atoms with Gasteiger partial charge in [-0.15, -0.1) is 5.10 Å². The number of hydrogen-bond acceptors (Lipinski definition) is 6. The summed E-state index contributed by atoms with van der Waals surface area (Å²) in [5.74, 6) is 0.473. The maximum Gasteiger partial charge on any atom is 0.238 e. The molecule has 2 aliphatic rings. The van der Waals surface area contributed by atoms with Gasteiger partial charge in [0.05, 0.1) is 17.2 Å². The molecular formula is C19H23N5O2. The smallest absolute Gasteiger partial charge is 0.238 e. The molecule has 0 aliphatic carbocycles. The van der Waals surface area contributed by atoms with Gasteiger partial charge in [0.15, 0.2) is 5.82 Å². The fourth-order valence-corrected chi connectivity index (χ4v) is 3.48. The fourth-order valence-electron chi connectivity index (χ4n) is 3.48. The summed E-state index contributed by atoms with van der Waals surface area (Å²) in [4.78, 5) is 14.6. The third-order valence-corrected chi connectivity index (χ3v) is 5.23. The largest absolute Gasteiger partial charge is 0.385 e. The minimum absolute atomic E-state index is 0.0116. The van der Waals surface area contributed by atoms with Crippen molar-refractivity contribution in [1.29, 1.82) is 0 Å². The van der Waals surface area contributed by atoms with Crippen molar-refractivity contribution in [2.45, 2.75) is 18.4 Å². The van der Waals surface area contributed by atoms with Crippen LogP contribution in [0.25, 0.3) is 0 Å². The predicted octanol–water partition coefficient (Wildman–Crippen LogP) is 0.932. The van der Waals surface area contributed by atoms with E-state index >= 15 is 0 Å². The summed E-state index contributed by atoms with van der Waals surface area (Å²) < 4.78 is 0. The topological polar surface area (TPSA) is 90.4 Å². The van der Waals surface area contributed by atoms with Crippen LogP contribution in [0.15, 0.2) is 42.6 Å². The molecule has 2 fully saturated rings. The van der Waals surface area contributed by atoms with Gasteiger partial charge in [-0.05, 0) is 55.8 Å². The van der Waals surface area contributed by atoms with Crippen molar-refractivity contribution in [3.8, 4) is 0 Å². The first kappa shape index (κ1) is 17.1. The Morgan fingerprint density at radius 3 is 2.42 bits per heavy atom.